The van der Waals surface area contributed by atoms with Crippen molar-refractivity contribution in [1.82, 2.24) is 5.32 Å². The molecule has 2 heteroatoms. The largest absolute Gasteiger partial charge is 0.370 e. The van der Waals surface area contributed by atoms with Crippen molar-refractivity contribution in [2.24, 2.45) is 0 Å². The van der Waals surface area contributed by atoms with Gasteiger partial charge in [-0.05, 0) is 45.7 Å². The Hall–Kier alpha value is -0.860. The summed E-state index contributed by atoms with van der Waals surface area (Å²) in [4.78, 5) is 0. The minimum absolute atomic E-state index is 0.0779. The van der Waals surface area contributed by atoms with Crippen LogP contribution in [0.3, 0.4) is 0 Å². The zero-order chi connectivity index (χ0) is 12.6. The summed E-state index contributed by atoms with van der Waals surface area (Å²) in [5, 5.41) is 3.62. The van der Waals surface area contributed by atoms with Gasteiger partial charge in [-0.15, -0.1) is 0 Å². The highest BCUT2D eigenvalue weighted by Crippen LogP contribution is 2.30. The van der Waals surface area contributed by atoms with E-state index in [4.69, 9.17) is 4.74 Å². The standard InChI is InChI=1S/C15H23NO/c1-10-6-7-13(11(2)8-10)14-12(3)16-15(4,5)9-17-14/h6-8,12,14,16H,9H2,1-5H3. The predicted octanol–water partition coefficient (Wildman–Crippen LogP) is 3.13. The molecule has 1 fully saturated rings. The Morgan fingerprint density at radius 2 is 2.00 bits per heavy atom. The lowest BCUT2D eigenvalue weighted by molar-refractivity contribution is -0.0498. The average Bonchev–Trinajstić information content (AvgIpc) is 2.18. The summed E-state index contributed by atoms with van der Waals surface area (Å²) < 4.78 is 6.05. The summed E-state index contributed by atoms with van der Waals surface area (Å²) in [6, 6.07) is 6.94. The minimum atomic E-state index is 0.0779. The van der Waals surface area contributed by atoms with Gasteiger partial charge >= 0.3 is 0 Å². The quantitative estimate of drug-likeness (QED) is 0.804. The highest BCUT2D eigenvalue weighted by atomic mass is 16.5. The van der Waals surface area contributed by atoms with Crippen LogP contribution in [0.15, 0.2) is 18.2 Å². The van der Waals surface area contributed by atoms with Gasteiger partial charge in [-0.1, -0.05) is 23.8 Å². The van der Waals surface area contributed by atoms with Crippen molar-refractivity contribution in [3.8, 4) is 0 Å². The van der Waals surface area contributed by atoms with Gasteiger partial charge in [-0.3, -0.25) is 0 Å². The van der Waals surface area contributed by atoms with Crippen molar-refractivity contribution in [2.45, 2.75) is 52.3 Å². The van der Waals surface area contributed by atoms with E-state index in [0.717, 1.165) is 6.61 Å². The van der Waals surface area contributed by atoms with Crippen molar-refractivity contribution in [3.05, 3.63) is 34.9 Å². The molecule has 1 aromatic rings. The van der Waals surface area contributed by atoms with Gasteiger partial charge in [0, 0.05) is 11.6 Å². The molecule has 0 bridgehead atoms. The molecule has 0 amide bonds. The van der Waals surface area contributed by atoms with Gasteiger partial charge in [0.05, 0.1) is 12.7 Å². The maximum absolute atomic E-state index is 6.05. The van der Waals surface area contributed by atoms with E-state index < -0.39 is 0 Å². The molecule has 1 aliphatic heterocycles. The fourth-order valence-corrected chi connectivity index (χ4v) is 2.68. The molecule has 1 aromatic carbocycles. The molecule has 2 nitrogen and oxygen atoms in total. The third-order valence-electron chi connectivity index (χ3n) is 3.43. The van der Waals surface area contributed by atoms with Crippen LogP contribution >= 0.6 is 0 Å². The van der Waals surface area contributed by atoms with Crippen molar-refractivity contribution in [2.75, 3.05) is 6.61 Å². The summed E-state index contributed by atoms with van der Waals surface area (Å²) >= 11 is 0. The maximum atomic E-state index is 6.05. The molecular formula is C15H23NO. The van der Waals surface area contributed by atoms with Crippen molar-refractivity contribution in [3.63, 3.8) is 0 Å². The smallest absolute Gasteiger partial charge is 0.0978 e. The number of benzene rings is 1. The third-order valence-corrected chi connectivity index (χ3v) is 3.43. The Morgan fingerprint density at radius 1 is 1.29 bits per heavy atom. The van der Waals surface area contributed by atoms with Crippen molar-refractivity contribution in [1.29, 1.82) is 0 Å². The summed E-state index contributed by atoms with van der Waals surface area (Å²) in [7, 11) is 0. The summed E-state index contributed by atoms with van der Waals surface area (Å²) in [6.07, 6.45) is 0.170. The molecule has 17 heavy (non-hydrogen) atoms. The SMILES string of the molecule is Cc1ccc(C2OCC(C)(C)NC2C)c(C)c1. The highest BCUT2D eigenvalue weighted by molar-refractivity contribution is 5.33. The number of nitrogens with one attached hydrogen (secondary N) is 1. The van der Waals surface area contributed by atoms with Crippen LogP contribution in [0.4, 0.5) is 0 Å². The fourth-order valence-electron chi connectivity index (χ4n) is 2.68. The van der Waals surface area contributed by atoms with E-state index in [2.05, 4.69) is 58.1 Å². The Balaban J connectivity index is 2.23. The number of ether oxygens (including phenoxy) is 1. The Bertz CT molecular complexity index is 411. The first-order valence-electron chi connectivity index (χ1n) is 6.35. The van der Waals surface area contributed by atoms with Crippen molar-refractivity contribution < 1.29 is 4.74 Å². The van der Waals surface area contributed by atoms with E-state index in [1.54, 1.807) is 0 Å². The fraction of sp³-hybridized carbons (Fsp3) is 0.600. The summed E-state index contributed by atoms with van der Waals surface area (Å²) in [5.41, 5.74) is 4.02. The number of hydrogen-bond donors (Lipinski definition) is 1. The Morgan fingerprint density at radius 3 is 2.59 bits per heavy atom. The van der Waals surface area contributed by atoms with Gasteiger partial charge in [0.2, 0.25) is 0 Å². The van der Waals surface area contributed by atoms with Crippen molar-refractivity contribution >= 4 is 0 Å². The first-order chi connectivity index (χ1) is 7.89. The normalized spacial score (nSPS) is 28.1. The second kappa shape index (κ2) is 4.43. The topological polar surface area (TPSA) is 21.3 Å². The average molecular weight is 233 g/mol. The van der Waals surface area contributed by atoms with Gasteiger partial charge in [0.25, 0.3) is 0 Å². The number of hydrogen-bond acceptors (Lipinski definition) is 2. The lowest BCUT2D eigenvalue weighted by Gasteiger charge is -2.41. The summed E-state index contributed by atoms with van der Waals surface area (Å²) in [6.45, 7) is 11.6. The minimum Gasteiger partial charge on any atom is -0.370 e. The van der Waals surface area contributed by atoms with Crippen LogP contribution in [0.2, 0.25) is 0 Å². The van der Waals surface area contributed by atoms with Gasteiger partial charge in [0.1, 0.15) is 0 Å². The van der Waals surface area contributed by atoms with E-state index in [1.807, 2.05) is 0 Å². The zero-order valence-electron chi connectivity index (χ0n) is 11.5. The van der Waals surface area contributed by atoms with Gasteiger partial charge in [0.15, 0.2) is 0 Å². The molecule has 1 N–H and O–H groups in total. The summed E-state index contributed by atoms with van der Waals surface area (Å²) in [5.74, 6) is 0. The molecule has 2 rings (SSSR count). The van der Waals surface area contributed by atoms with Crippen LogP contribution in [0.1, 0.15) is 43.6 Å². The van der Waals surface area contributed by atoms with Crippen LogP contribution in [-0.2, 0) is 4.74 Å². The van der Waals surface area contributed by atoms with Gasteiger partial charge < -0.3 is 10.1 Å². The van der Waals surface area contributed by atoms with Gasteiger partial charge in [-0.2, -0.15) is 0 Å². The third kappa shape index (κ3) is 2.70. The molecular weight excluding hydrogens is 210 g/mol. The first kappa shape index (κ1) is 12.6. The highest BCUT2D eigenvalue weighted by Gasteiger charge is 2.33. The number of aryl methyl sites for hydroxylation is 2. The van der Waals surface area contributed by atoms with Crippen LogP contribution in [-0.4, -0.2) is 18.2 Å². The number of morpholine rings is 1. The van der Waals surface area contributed by atoms with Crippen LogP contribution in [0, 0.1) is 13.8 Å². The van der Waals surface area contributed by atoms with E-state index in [1.165, 1.54) is 16.7 Å². The lowest BCUT2D eigenvalue weighted by atomic mass is 9.92. The molecule has 2 unspecified atom stereocenters. The Kier molecular flexibility index (Phi) is 3.28. The monoisotopic (exact) mass is 233 g/mol. The molecule has 1 saturated heterocycles. The van der Waals surface area contributed by atoms with E-state index in [0.29, 0.717) is 6.04 Å². The number of rotatable bonds is 1. The van der Waals surface area contributed by atoms with Crippen LogP contribution in [0.5, 0.6) is 0 Å². The lowest BCUT2D eigenvalue weighted by Crippen LogP contribution is -2.55. The second-order valence-corrected chi connectivity index (χ2v) is 5.91. The molecule has 1 aliphatic rings. The molecule has 0 saturated carbocycles. The van der Waals surface area contributed by atoms with Crippen LogP contribution < -0.4 is 5.32 Å². The molecule has 0 radical (unpaired) electrons. The zero-order valence-corrected chi connectivity index (χ0v) is 11.5. The van der Waals surface area contributed by atoms with Crippen LogP contribution in [0.25, 0.3) is 0 Å². The van der Waals surface area contributed by atoms with E-state index >= 15 is 0 Å². The predicted molar refractivity (Wildman–Crippen MR) is 71.3 cm³/mol. The van der Waals surface area contributed by atoms with E-state index in [9.17, 15) is 0 Å². The molecule has 0 aromatic heterocycles. The first-order valence-corrected chi connectivity index (χ1v) is 6.35. The second-order valence-electron chi connectivity index (χ2n) is 5.91. The Labute approximate surface area is 104 Å². The maximum Gasteiger partial charge on any atom is 0.0978 e. The molecule has 0 spiro atoms. The molecule has 1 heterocycles. The van der Waals surface area contributed by atoms with Gasteiger partial charge in [-0.25, -0.2) is 0 Å². The molecule has 94 valence electrons. The molecule has 0 aliphatic carbocycles. The van der Waals surface area contributed by atoms with E-state index in [-0.39, 0.29) is 11.6 Å². The molecule has 2 atom stereocenters.